The third-order valence-corrected chi connectivity index (χ3v) is 5.10. The molecular formula is C16H11NS2. The maximum Gasteiger partial charge on any atom is 0.0548 e. The fourth-order valence-corrected chi connectivity index (χ4v) is 3.96. The van der Waals surface area contributed by atoms with Crippen LogP contribution >= 0.6 is 22.7 Å². The number of fused-ring (bicyclic) bond motifs is 1. The van der Waals surface area contributed by atoms with E-state index in [4.69, 9.17) is 0 Å². The molecule has 0 spiro atoms. The SMILES string of the molecule is c1csc(-c2ccc(-c3cccs3)c3[nH]ccc23)c1. The molecule has 3 heteroatoms. The molecule has 0 aliphatic carbocycles. The summed E-state index contributed by atoms with van der Waals surface area (Å²) in [6.45, 7) is 0. The van der Waals surface area contributed by atoms with Crippen molar-refractivity contribution in [1.82, 2.24) is 4.98 Å². The first-order valence-electron chi connectivity index (χ1n) is 6.11. The Bertz CT molecular complexity index is 740. The first-order chi connectivity index (χ1) is 9.43. The average molecular weight is 281 g/mol. The van der Waals surface area contributed by atoms with Crippen molar-refractivity contribution in [3.05, 3.63) is 59.4 Å². The molecule has 0 radical (unpaired) electrons. The molecule has 0 saturated heterocycles. The summed E-state index contributed by atoms with van der Waals surface area (Å²) in [5.41, 5.74) is 3.83. The number of aromatic nitrogens is 1. The van der Waals surface area contributed by atoms with Gasteiger partial charge in [0.25, 0.3) is 0 Å². The highest BCUT2D eigenvalue weighted by Crippen LogP contribution is 2.37. The predicted molar refractivity (Wildman–Crippen MR) is 84.9 cm³/mol. The first-order valence-corrected chi connectivity index (χ1v) is 7.87. The molecule has 1 N–H and O–H groups in total. The standard InChI is InChI=1S/C16H11NS2/c1-3-14(18-9-1)11-5-6-13(15-4-2-10-19-15)16-12(11)7-8-17-16/h1-10,17H. The van der Waals surface area contributed by atoms with Crippen LogP contribution < -0.4 is 0 Å². The molecule has 4 aromatic rings. The van der Waals surface area contributed by atoms with Gasteiger partial charge >= 0.3 is 0 Å². The monoisotopic (exact) mass is 281 g/mol. The van der Waals surface area contributed by atoms with Gasteiger partial charge in [-0.1, -0.05) is 24.3 Å². The normalized spacial score (nSPS) is 11.2. The van der Waals surface area contributed by atoms with Crippen molar-refractivity contribution in [1.29, 1.82) is 0 Å². The van der Waals surface area contributed by atoms with Gasteiger partial charge in [0.15, 0.2) is 0 Å². The van der Waals surface area contributed by atoms with Crippen molar-refractivity contribution in [2.24, 2.45) is 0 Å². The lowest BCUT2D eigenvalue weighted by molar-refractivity contribution is 1.48. The second-order valence-corrected chi connectivity index (χ2v) is 6.28. The van der Waals surface area contributed by atoms with E-state index in [1.54, 1.807) is 22.7 Å². The molecule has 19 heavy (non-hydrogen) atoms. The summed E-state index contributed by atoms with van der Waals surface area (Å²) in [6, 6.07) is 15.2. The zero-order chi connectivity index (χ0) is 12.7. The molecule has 0 saturated carbocycles. The highest BCUT2D eigenvalue weighted by molar-refractivity contribution is 7.14. The number of hydrogen-bond donors (Lipinski definition) is 1. The van der Waals surface area contributed by atoms with E-state index in [9.17, 15) is 0 Å². The Morgan fingerprint density at radius 3 is 2.11 bits per heavy atom. The Morgan fingerprint density at radius 1 is 0.737 bits per heavy atom. The smallest absolute Gasteiger partial charge is 0.0548 e. The number of H-pyrrole nitrogens is 1. The number of thiophene rings is 2. The van der Waals surface area contributed by atoms with Crippen LogP contribution in [0.25, 0.3) is 31.8 Å². The van der Waals surface area contributed by atoms with Gasteiger partial charge in [0.1, 0.15) is 0 Å². The van der Waals surface area contributed by atoms with E-state index in [0.29, 0.717) is 0 Å². The molecule has 0 aliphatic rings. The fraction of sp³-hybridized carbons (Fsp3) is 0. The predicted octanol–water partition coefficient (Wildman–Crippen LogP) is 5.62. The molecular weight excluding hydrogens is 270 g/mol. The maximum atomic E-state index is 3.39. The Hall–Kier alpha value is -1.84. The van der Waals surface area contributed by atoms with E-state index >= 15 is 0 Å². The molecule has 0 atom stereocenters. The largest absolute Gasteiger partial charge is 0.361 e. The van der Waals surface area contributed by atoms with E-state index in [2.05, 4.69) is 58.2 Å². The molecule has 0 fully saturated rings. The van der Waals surface area contributed by atoms with Crippen LogP contribution in [-0.4, -0.2) is 4.98 Å². The number of benzene rings is 1. The molecule has 1 nitrogen and oxygen atoms in total. The van der Waals surface area contributed by atoms with Gasteiger partial charge in [-0.05, 0) is 29.0 Å². The minimum atomic E-state index is 1.23. The molecule has 3 heterocycles. The molecule has 0 amide bonds. The van der Waals surface area contributed by atoms with Crippen molar-refractivity contribution in [2.45, 2.75) is 0 Å². The van der Waals surface area contributed by atoms with Crippen LogP contribution in [0.15, 0.2) is 59.4 Å². The quantitative estimate of drug-likeness (QED) is 0.490. The first kappa shape index (κ1) is 11.0. The zero-order valence-corrected chi connectivity index (χ0v) is 11.7. The Kier molecular flexibility index (Phi) is 2.53. The second-order valence-electron chi connectivity index (χ2n) is 4.38. The Labute approximate surface area is 119 Å². The Morgan fingerprint density at radius 2 is 1.42 bits per heavy atom. The fourth-order valence-electron chi connectivity index (χ4n) is 2.44. The maximum absolute atomic E-state index is 3.39. The number of hydrogen-bond acceptors (Lipinski definition) is 2. The number of aromatic amines is 1. The van der Waals surface area contributed by atoms with Gasteiger partial charge in [0, 0.05) is 32.5 Å². The summed E-state index contributed by atoms with van der Waals surface area (Å²) in [4.78, 5) is 6.02. The van der Waals surface area contributed by atoms with E-state index < -0.39 is 0 Å². The molecule has 0 bridgehead atoms. The van der Waals surface area contributed by atoms with E-state index in [1.165, 1.54) is 31.8 Å². The van der Waals surface area contributed by atoms with Crippen LogP contribution in [0.2, 0.25) is 0 Å². The molecule has 0 unspecified atom stereocenters. The molecule has 92 valence electrons. The van der Waals surface area contributed by atoms with Crippen LogP contribution in [0.5, 0.6) is 0 Å². The molecule has 1 aromatic carbocycles. The summed E-state index contributed by atoms with van der Waals surface area (Å²) in [5.74, 6) is 0. The van der Waals surface area contributed by atoms with Gasteiger partial charge in [0.05, 0.1) is 5.52 Å². The van der Waals surface area contributed by atoms with Gasteiger partial charge in [0.2, 0.25) is 0 Å². The third-order valence-electron chi connectivity index (χ3n) is 3.30. The third kappa shape index (κ3) is 1.74. The summed E-state index contributed by atoms with van der Waals surface area (Å²) in [6.07, 6.45) is 2.03. The lowest BCUT2D eigenvalue weighted by Crippen LogP contribution is -1.80. The summed E-state index contributed by atoms with van der Waals surface area (Å²) >= 11 is 3.57. The van der Waals surface area contributed by atoms with Crippen LogP contribution in [0.4, 0.5) is 0 Å². The number of nitrogens with one attached hydrogen (secondary N) is 1. The van der Waals surface area contributed by atoms with E-state index in [-0.39, 0.29) is 0 Å². The van der Waals surface area contributed by atoms with Crippen molar-refractivity contribution in [2.75, 3.05) is 0 Å². The average Bonchev–Trinajstić information content (AvgIpc) is 3.19. The van der Waals surface area contributed by atoms with Crippen molar-refractivity contribution in [3.8, 4) is 20.9 Å². The van der Waals surface area contributed by atoms with Crippen LogP contribution in [-0.2, 0) is 0 Å². The summed E-state index contributed by atoms with van der Waals surface area (Å²) < 4.78 is 0. The lowest BCUT2D eigenvalue weighted by Gasteiger charge is -2.05. The Balaban J connectivity index is 2.01. The zero-order valence-electron chi connectivity index (χ0n) is 10.1. The second kappa shape index (κ2) is 4.37. The van der Waals surface area contributed by atoms with E-state index in [1.807, 2.05) is 6.20 Å². The highest BCUT2D eigenvalue weighted by Gasteiger charge is 2.11. The van der Waals surface area contributed by atoms with Crippen LogP contribution in [0.1, 0.15) is 0 Å². The number of rotatable bonds is 2. The highest BCUT2D eigenvalue weighted by atomic mass is 32.1. The minimum Gasteiger partial charge on any atom is -0.361 e. The van der Waals surface area contributed by atoms with Gasteiger partial charge in [-0.3, -0.25) is 0 Å². The van der Waals surface area contributed by atoms with Gasteiger partial charge in [-0.15, -0.1) is 22.7 Å². The van der Waals surface area contributed by atoms with Crippen molar-refractivity contribution >= 4 is 33.6 Å². The summed E-state index contributed by atoms with van der Waals surface area (Å²) in [7, 11) is 0. The molecule has 0 aliphatic heterocycles. The van der Waals surface area contributed by atoms with E-state index in [0.717, 1.165) is 0 Å². The van der Waals surface area contributed by atoms with Crippen LogP contribution in [0.3, 0.4) is 0 Å². The van der Waals surface area contributed by atoms with Crippen LogP contribution in [0, 0.1) is 0 Å². The topological polar surface area (TPSA) is 15.8 Å². The van der Waals surface area contributed by atoms with Crippen molar-refractivity contribution in [3.63, 3.8) is 0 Å². The van der Waals surface area contributed by atoms with Crippen molar-refractivity contribution < 1.29 is 0 Å². The minimum absolute atomic E-state index is 1.23. The van der Waals surface area contributed by atoms with Gasteiger partial charge in [-0.2, -0.15) is 0 Å². The molecule has 4 rings (SSSR count). The van der Waals surface area contributed by atoms with Gasteiger partial charge < -0.3 is 4.98 Å². The lowest BCUT2D eigenvalue weighted by atomic mass is 10.0. The summed E-state index contributed by atoms with van der Waals surface area (Å²) in [5, 5.41) is 5.55. The molecule has 3 aromatic heterocycles. The van der Waals surface area contributed by atoms with Gasteiger partial charge in [-0.25, -0.2) is 0 Å².